The average molecular weight is 124 g/mol. The standard InChI is InChI=1S/C5H4BFNO/c7-4-1-2-5(6-9)8-3-4/h1-3,9H. The Labute approximate surface area is 52.6 Å². The van der Waals surface area contributed by atoms with E-state index in [1.165, 1.54) is 12.1 Å². The van der Waals surface area contributed by atoms with Gasteiger partial charge >= 0.3 is 7.48 Å². The van der Waals surface area contributed by atoms with Crippen LogP contribution < -0.4 is 5.59 Å². The van der Waals surface area contributed by atoms with E-state index in [0.717, 1.165) is 13.7 Å². The fraction of sp³-hybridized carbons (Fsp3) is 0. The molecule has 9 heavy (non-hydrogen) atoms. The summed E-state index contributed by atoms with van der Waals surface area (Å²) < 4.78 is 12.1. The van der Waals surface area contributed by atoms with Crippen LogP contribution in [0.1, 0.15) is 0 Å². The van der Waals surface area contributed by atoms with Crippen LogP contribution in [0.3, 0.4) is 0 Å². The summed E-state index contributed by atoms with van der Waals surface area (Å²) >= 11 is 0. The van der Waals surface area contributed by atoms with Crippen LogP contribution in [0.15, 0.2) is 18.3 Å². The average Bonchev–Trinajstić information content (AvgIpc) is 1.90. The van der Waals surface area contributed by atoms with Gasteiger partial charge < -0.3 is 5.02 Å². The van der Waals surface area contributed by atoms with Crippen molar-refractivity contribution < 1.29 is 9.41 Å². The Morgan fingerprint density at radius 3 is 2.78 bits per heavy atom. The lowest BCUT2D eigenvalue weighted by molar-refractivity contribution is 0.610. The highest BCUT2D eigenvalue weighted by molar-refractivity contribution is 6.44. The molecule has 4 heteroatoms. The Kier molecular flexibility index (Phi) is 1.79. The molecular weight excluding hydrogens is 120 g/mol. The second kappa shape index (κ2) is 2.59. The van der Waals surface area contributed by atoms with Crippen molar-refractivity contribution in [2.45, 2.75) is 0 Å². The van der Waals surface area contributed by atoms with E-state index in [0.29, 0.717) is 5.59 Å². The smallest absolute Gasteiger partial charge is 0.348 e. The maximum Gasteiger partial charge on any atom is 0.348 e. The molecule has 0 bridgehead atoms. The number of rotatable bonds is 1. The summed E-state index contributed by atoms with van der Waals surface area (Å²) in [6.45, 7) is 0. The lowest BCUT2D eigenvalue weighted by atomic mass is 9.96. The molecule has 1 radical (unpaired) electrons. The maximum absolute atomic E-state index is 12.1. The van der Waals surface area contributed by atoms with Crippen molar-refractivity contribution in [2.75, 3.05) is 0 Å². The summed E-state index contributed by atoms with van der Waals surface area (Å²) in [5.41, 5.74) is 0.358. The lowest BCUT2D eigenvalue weighted by Crippen LogP contribution is -2.16. The van der Waals surface area contributed by atoms with Gasteiger partial charge in [0.1, 0.15) is 5.82 Å². The van der Waals surface area contributed by atoms with Gasteiger partial charge in [-0.2, -0.15) is 0 Å². The number of pyridine rings is 1. The number of halogens is 1. The Bertz CT molecular complexity index is 189. The van der Waals surface area contributed by atoms with Crippen LogP contribution in [0.5, 0.6) is 0 Å². The van der Waals surface area contributed by atoms with Gasteiger partial charge in [0.15, 0.2) is 0 Å². The number of nitrogens with zero attached hydrogens (tertiary/aromatic N) is 1. The molecule has 1 aromatic rings. The van der Waals surface area contributed by atoms with Gasteiger partial charge in [-0.1, -0.05) is 0 Å². The molecule has 1 rings (SSSR count). The Hall–Kier alpha value is -0.895. The zero-order chi connectivity index (χ0) is 6.69. The highest BCUT2D eigenvalue weighted by Gasteiger charge is 1.92. The number of hydrogen-bond donors (Lipinski definition) is 1. The van der Waals surface area contributed by atoms with Gasteiger partial charge in [0, 0.05) is 5.59 Å². The van der Waals surface area contributed by atoms with Crippen LogP contribution in [0.4, 0.5) is 4.39 Å². The molecule has 1 N–H and O–H groups in total. The van der Waals surface area contributed by atoms with E-state index in [9.17, 15) is 4.39 Å². The van der Waals surface area contributed by atoms with Gasteiger partial charge in [0.2, 0.25) is 0 Å². The van der Waals surface area contributed by atoms with Crippen LogP contribution in [-0.2, 0) is 0 Å². The van der Waals surface area contributed by atoms with Gasteiger partial charge in [-0.25, -0.2) is 4.39 Å². The lowest BCUT2D eigenvalue weighted by Gasteiger charge is -1.89. The normalized spacial score (nSPS) is 9.11. The van der Waals surface area contributed by atoms with E-state index in [2.05, 4.69) is 4.98 Å². The first-order valence-corrected chi connectivity index (χ1v) is 2.42. The van der Waals surface area contributed by atoms with Crippen molar-refractivity contribution in [1.82, 2.24) is 4.98 Å². The third kappa shape index (κ3) is 1.50. The summed E-state index contributed by atoms with van der Waals surface area (Å²) in [7, 11) is 0.819. The molecule has 0 fully saturated rings. The van der Waals surface area contributed by atoms with Gasteiger partial charge in [-0.05, 0) is 12.1 Å². The monoisotopic (exact) mass is 124 g/mol. The highest BCUT2D eigenvalue weighted by atomic mass is 19.1. The first-order chi connectivity index (χ1) is 4.33. The molecule has 0 aliphatic heterocycles. The molecule has 2 nitrogen and oxygen atoms in total. The van der Waals surface area contributed by atoms with Crippen molar-refractivity contribution in [3.8, 4) is 0 Å². The zero-order valence-corrected chi connectivity index (χ0v) is 4.58. The molecule has 0 atom stereocenters. The maximum atomic E-state index is 12.1. The molecule has 0 aliphatic carbocycles. The minimum Gasteiger partial charge on any atom is -0.449 e. The predicted octanol–water partition coefficient (Wildman–Crippen LogP) is -0.542. The third-order valence-electron chi connectivity index (χ3n) is 0.883. The van der Waals surface area contributed by atoms with Gasteiger partial charge in [-0.3, -0.25) is 4.98 Å². The van der Waals surface area contributed by atoms with Crippen molar-refractivity contribution in [2.24, 2.45) is 0 Å². The minimum atomic E-state index is -0.402. The Morgan fingerprint density at radius 2 is 2.33 bits per heavy atom. The van der Waals surface area contributed by atoms with Gasteiger partial charge in [0.25, 0.3) is 0 Å². The quantitative estimate of drug-likeness (QED) is 0.510. The van der Waals surface area contributed by atoms with Crippen LogP contribution in [0, 0.1) is 5.82 Å². The molecule has 0 aromatic carbocycles. The SMILES string of the molecule is O[B]c1ccc(F)cn1. The Morgan fingerprint density at radius 1 is 1.56 bits per heavy atom. The highest BCUT2D eigenvalue weighted by Crippen LogP contribution is 1.87. The van der Waals surface area contributed by atoms with Gasteiger partial charge in [-0.15, -0.1) is 0 Å². The van der Waals surface area contributed by atoms with E-state index in [1.807, 2.05) is 0 Å². The molecule has 45 valence electrons. The molecule has 0 amide bonds. The van der Waals surface area contributed by atoms with Crippen molar-refractivity contribution in [3.05, 3.63) is 24.1 Å². The van der Waals surface area contributed by atoms with Crippen LogP contribution in [0.25, 0.3) is 0 Å². The molecule has 1 aromatic heterocycles. The van der Waals surface area contributed by atoms with E-state index in [4.69, 9.17) is 5.02 Å². The molecule has 1 heterocycles. The molecule has 0 spiro atoms. The summed E-state index contributed by atoms with van der Waals surface area (Å²) in [5.74, 6) is -0.402. The summed E-state index contributed by atoms with van der Waals surface area (Å²) in [4.78, 5) is 3.52. The molecule has 0 unspecified atom stereocenters. The minimum absolute atomic E-state index is 0.358. The fourth-order valence-electron chi connectivity index (χ4n) is 0.464. The largest absolute Gasteiger partial charge is 0.449 e. The predicted molar refractivity (Wildman–Crippen MR) is 31.8 cm³/mol. The first kappa shape index (κ1) is 6.23. The van der Waals surface area contributed by atoms with E-state index >= 15 is 0 Å². The molecule has 0 aliphatic rings. The van der Waals surface area contributed by atoms with Crippen LogP contribution >= 0.6 is 0 Å². The number of aromatic nitrogens is 1. The second-order valence-corrected chi connectivity index (χ2v) is 1.53. The first-order valence-electron chi connectivity index (χ1n) is 2.42. The third-order valence-corrected chi connectivity index (χ3v) is 0.883. The van der Waals surface area contributed by atoms with Gasteiger partial charge in [0.05, 0.1) is 6.20 Å². The van der Waals surface area contributed by atoms with E-state index in [-0.39, 0.29) is 0 Å². The number of hydrogen-bond acceptors (Lipinski definition) is 2. The molecule has 0 saturated heterocycles. The van der Waals surface area contributed by atoms with E-state index < -0.39 is 5.82 Å². The van der Waals surface area contributed by atoms with Crippen molar-refractivity contribution in [3.63, 3.8) is 0 Å². The Balaban J connectivity index is 2.88. The zero-order valence-electron chi connectivity index (χ0n) is 4.58. The van der Waals surface area contributed by atoms with Crippen LogP contribution in [-0.4, -0.2) is 17.5 Å². The topological polar surface area (TPSA) is 33.1 Å². The van der Waals surface area contributed by atoms with E-state index in [1.54, 1.807) is 0 Å². The fourth-order valence-corrected chi connectivity index (χ4v) is 0.464. The van der Waals surface area contributed by atoms with Crippen molar-refractivity contribution in [1.29, 1.82) is 0 Å². The summed E-state index contributed by atoms with van der Waals surface area (Å²) in [6.07, 6.45) is 1.04. The van der Waals surface area contributed by atoms with Crippen LogP contribution in [0.2, 0.25) is 0 Å². The second-order valence-electron chi connectivity index (χ2n) is 1.53. The van der Waals surface area contributed by atoms with Crippen molar-refractivity contribution >= 4 is 13.1 Å². The summed E-state index contributed by atoms with van der Waals surface area (Å²) in [5, 5.41) is 8.32. The molecular formula is C5H4BFNO. The molecule has 0 saturated carbocycles. The summed E-state index contributed by atoms with van der Waals surface area (Å²) in [6, 6.07) is 2.62.